The first-order valence-electron chi connectivity index (χ1n) is 5.92. The summed E-state index contributed by atoms with van der Waals surface area (Å²) in [5.41, 5.74) is 0.525. The lowest BCUT2D eigenvalue weighted by Crippen LogP contribution is -1.95. The molecular weight excluding hydrogens is 259 g/mol. The molecule has 3 rings (SSSR count). The number of fused-ring (bicyclic) bond motifs is 2. The molecule has 0 aliphatic rings. The lowest BCUT2D eigenvalue weighted by Gasteiger charge is -2.10. The summed E-state index contributed by atoms with van der Waals surface area (Å²) in [7, 11) is -2.68. The van der Waals surface area contributed by atoms with E-state index in [0.29, 0.717) is 5.56 Å². The first-order valence-corrected chi connectivity index (χ1v) is 7.20. The molecule has 2 atom stereocenters. The Labute approximate surface area is 111 Å². The third-order valence-corrected chi connectivity index (χ3v) is 3.96. The van der Waals surface area contributed by atoms with Crippen molar-refractivity contribution in [2.75, 3.05) is 0 Å². The summed E-state index contributed by atoms with van der Waals surface area (Å²) in [4.78, 5) is 9.25. The van der Waals surface area contributed by atoms with Crippen molar-refractivity contribution < 1.29 is 14.6 Å². The maximum atomic E-state index is 11.3. The molecule has 19 heavy (non-hydrogen) atoms. The molecule has 3 aromatic carbocycles. The molecule has 0 radical (unpaired) electrons. The molecule has 2 N–H and O–H groups in total. The van der Waals surface area contributed by atoms with E-state index in [4.69, 9.17) is 0 Å². The van der Waals surface area contributed by atoms with E-state index in [1.54, 1.807) is 0 Å². The van der Waals surface area contributed by atoms with Gasteiger partial charge >= 0.3 is 13.9 Å². The van der Waals surface area contributed by atoms with E-state index in [-0.39, 0.29) is 0 Å². The van der Waals surface area contributed by atoms with Crippen LogP contribution in [0.15, 0.2) is 54.6 Å². The lowest BCUT2D eigenvalue weighted by molar-refractivity contribution is 0.246. The van der Waals surface area contributed by atoms with Crippen molar-refractivity contribution in [3.63, 3.8) is 0 Å². The zero-order valence-electron chi connectivity index (χ0n) is 10.0. The Morgan fingerprint density at radius 1 is 0.895 bits per heavy atom. The number of hydrogen-bond donors (Lipinski definition) is 2. The minimum atomic E-state index is -2.68. The highest BCUT2D eigenvalue weighted by atomic mass is 31.1. The lowest BCUT2D eigenvalue weighted by atomic mass is 9.97. The Kier molecular flexibility index (Phi) is 3.03. The van der Waals surface area contributed by atoms with Crippen molar-refractivity contribution in [1.82, 2.24) is 0 Å². The first kappa shape index (κ1) is 12.2. The maximum Gasteiger partial charge on any atom is 0.542 e. The van der Waals surface area contributed by atoms with Gasteiger partial charge in [0.1, 0.15) is 0 Å². The van der Waals surface area contributed by atoms with Crippen LogP contribution in [0.4, 0.5) is 0 Å². The van der Waals surface area contributed by atoms with Crippen molar-refractivity contribution in [3.8, 4) is 0 Å². The molecule has 0 aliphatic heterocycles. The van der Waals surface area contributed by atoms with Crippen molar-refractivity contribution in [1.29, 1.82) is 0 Å². The minimum absolute atomic E-state index is 0.525. The summed E-state index contributed by atoms with van der Waals surface area (Å²) in [6, 6.07) is 17.1. The average Bonchev–Trinajstić information content (AvgIpc) is 2.43. The van der Waals surface area contributed by atoms with Crippen molar-refractivity contribution in [2.45, 2.75) is 5.85 Å². The predicted molar refractivity (Wildman–Crippen MR) is 76.2 cm³/mol. The summed E-state index contributed by atoms with van der Waals surface area (Å²) in [6.45, 7) is 0. The number of hydrogen-bond acceptors (Lipinski definition) is 2. The molecule has 0 bridgehead atoms. The maximum absolute atomic E-state index is 11.3. The molecule has 0 aromatic heterocycles. The van der Waals surface area contributed by atoms with Crippen LogP contribution in [0.3, 0.4) is 0 Å². The Morgan fingerprint density at radius 3 is 1.84 bits per heavy atom. The monoisotopic (exact) mass is 271 g/mol. The summed E-state index contributed by atoms with van der Waals surface area (Å²) in [5.74, 6) is -1.37. The molecular formula is C15H12O3P+. The first-order chi connectivity index (χ1) is 9.18. The van der Waals surface area contributed by atoms with Gasteiger partial charge in [-0.15, -0.1) is 0 Å². The highest BCUT2D eigenvalue weighted by Gasteiger charge is 2.31. The van der Waals surface area contributed by atoms with Crippen LogP contribution in [-0.2, 0) is 4.57 Å². The molecule has 94 valence electrons. The second-order valence-electron chi connectivity index (χ2n) is 4.41. The standard InChI is InChI=1S/C15H11O3P/c16-15(19(17)18)14-12-7-3-1-5-10(12)9-11-6-2-4-8-13(11)14/h1-9,15-16H/p+1. The van der Waals surface area contributed by atoms with Crippen molar-refractivity contribution in [2.24, 2.45) is 0 Å². The molecule has 0 fully saturated rings. The van der Waals surface area contributed by atoms with E-state index < -0.39 is 13.9 Å². The quantitative estimate of drug-likeness (QED) is 0.551. The second-order valence-corrected chi connectivity index (χ2v) is 5.50. The van der Waals surface area contributed by atoms with Crippen molar-refractivity contribution >= 4 is 29.6 Å². The second kappa shape index (κ2) is 4.71. The van der Waals surface area contributed by atoms with E-state index >= 15 is 0 Å². The highest BCUT2D eigenvalue weighted by molar-refractivity contribution is 7.38. The smallest absolute Gasteiger partial charge is 0.345 e. The van der Waals surface area contributed by atoms with Gasteiger partial charge in [0.15, 0.2) is 0 Å². The summed E-state index contributed by atoms with van der Waals surface area (Å²) >= 11 is 0. The van der Waals surface area contributed by atoms with Gasteiger partial charge in [0, 0.05) is 5.56 Å². The minimum Gasteiger partial charge on any atom is -0.345 e. The fraction of sp³-hybridized carbons (Fsp3) is 0.0667. The molecule has 0 aliphatic carbocycles. The molecule has 0 saturated heterocycles. The van der Waals surface area contributed by atoms with Gasteiger partial charge in [0.25, 0.3) is 0 Å². The number of rotatable bonds is 2. The highest BCUT2D eigenvalue weighted by Crippen LogP contribution is 2.42. The molecule has 0 heterocycles. The van der Waals surface area contributed by atoms with Crippen LogP contribution in [0, 0.1) is 0 Å². The van der Waals surface area contributed by atoms with E-state index in [1.807, 2.05) is 54.6 Å². The summed E-state index contributed by atoms with van der Waals surface area (Å²) < 4.78 is 11.3. The van der Waals surface area contributed by atoms with Crippen molar-refractivity contribution in [3.05, 3.63) is 60.2 Å². The molecule has 0 spiro atoms. The van der Waals surface area contributed by atoms with E-state index in [9.17, 15) is 14.6 Å². The zero-order chi connectivity index (χ0) is 13.4. The molecule has 0 saturated carbocycles. The predicted octanol–water partition coefficient (Wildman–Crippen LogP) is 3.72. The van der Waals surface area contributed by atoms with E-state index in [0.717, 1.165) is 21.5 Å². The SMILES string of the molecule is O=[P+](O)C(O)c1c2ccccc2cc2ccccc12. The molecule has 3 nitrogen and oxygen atoms in total. The third kappa shape index (κ3) is 2.02. The van der Waals surface area contributed by atoms with Crippen LogP contribution in [0.5, 0.6) is 0 Å². The normalized spacial score (nSPS) is 13.7. The van der Waals surface area contributed by atoms with Gasteiger partial charge in [-0.25, -0.2) is 0 Å². The molecule has 0 amide bonds. The van der Waals surface area contributed by atoms with Gasteiger partial charge in [0.05, 0.1) is 0 Å². The molecule has 3 aromatic rings. The van der Waals surface area contributed by atoms with Gasteiger partial charge < -0.3 is 5.11 Å². The van der Waals surface area contributed by atoms with E-state index in [1.165, 1.54) is 0 Å². The molecule has 2 unspecified atom stereocenters. The fourth-order valence-electron chi connectivity index (χ4n) is 2.44. The van der Waals surface area contributed by atoms with Crippen LogP contribution < -0.4 is 0 Å². The van der Waals surface area contributed by atoms with Crippen LogP contribution in [0.2, 0.25) is 0 Å². The fourth-order valence-corrected chi connectivity index (χ4v) is 2.94. The number of aliphatic hydroxyl groups excluding tert-OH is 1. The van der Waals surface area contributed by atoms with E-state index in [2.05, 4.69) is 0 Å². The Balaban J connectivity index is 2.49. The Bertz CT molecular complexity index is 729. The van der Waals surface area contributed by atoms with Gasteiger partial charge in [-0.05, 0) is 32.2 Å². The van der Waals surface area contributed by atoms with Crippen LogP contribution in [0.1, 0.15) is 11.4 Å². The number of aliphatic hydroxyl groups is 1. The summed E-state index contributed by atoms with van der Waals surface area (Å²) in [6.07, 6.45) is 0. The van der Waals surface area contributed by atoms with Gasteiger partial charge in [-0.3, -0.25) is 0 Å². The topological polar surface area (TPSA) is 57.5 Å². The summed E-state index contributed by atoms with van der Waals surface area (Å²) in [5, 5.41) is 13.6. The largest absolute Gasteiger partial charge is 0.542 e. The third-order valence-electron chi connectivity index (χ3n) is 3.28. The number of benzene rings is 3. The van der Waals surface area contributed by atoms with Crippen LogP contribution in [-0.4, -0.2) is 10.00 Å². The molecule has 4 heteroatoms. The Hall–Kier alpha value is -1.80. The zero-order valence-corrected chi connectivity index (χ0v) is 10.9. The Morgan fingerprint density at radius 2 is 1.37 bits per heavy atom. The van der Waals surface area contributed by atoms with Crippen LogP contribution >= 0.6 is 8.03 Å². The van der Waals surface area contributed by atoms with Gasteiger partial charge in [0.2, 0.25) is 0 Å². The average molecular weight is 271 g/mol. The van der Waals surface area contributed by atoms with Gasteiger partial charge in [-0.1, -0.05) is 48.5 Å². The van der Waals surface area contributed by atoms with Gasteiger partial charge in [-0.2, -0.15) is 4.89 Å². The van der Waals surface area contributed by atoms with Crippen LogP contribution in [0.25, 0.3) is 21.5 Å².